The Labute approximate surface area is 131 Å². The van der Waals surface area contributed by atoms with Crippen molar-refractivity contribution in [2.24, 2.45) is 11.7 Å². The SMILES string of the molecule is NC(=O)CCN1OC2C(=O)NC(=O)C2C1c1ccc(Cl)cc1. The second-order valence-corrected chi connectivity index (χ2v) is 5.70. The number of primary amides is 1. The summed E-state index contributed by atoms with van der Waals surface area (Å²) in [6, 6.07) is 6.47. The van der Waals surface area contributed by atoms with Gasteiger partial charge in [-0.15, -0.1) is 0 Å². The van der Waals surface area contributed by atoms with E-state index >= 15 is 0 Å². The van der Waals surface area contributed by atoms with Crippen molar-refractivity contribution in [2.45, 2.75) is 18.6 Å². The fourth-order valence-electron chi connectivity index (χ4n) is 2.84. The number of rotatable bonds is 4. The summed E-state index contributed by atoms with van der Waals surface area (Å²) in [5.41, 5.74) is 5.94. The van der Waals surface area contributed by atoms with Gasteiger partial charge in [0.2, 0.25) is 11.8 Å². The summed E-state index contributed by atoms with van der Waals surface area (Å²) in [6.07, 6.45) is -0.805. The normalized spacial score (nSPS) is 27.8. The van der Waals surface area contributed by atoms with Crippen LogP contribution in [0.3, 0.4) is 0 Å². The Morgan fingerprint density at radius 1 is 1.27 bits per heavy atom. The van der Waals surface area contributed by atoms with E-state index in [1.54, 1.807) is 24.3 Å². The van der Waals surface area contributed by atoms with Crippen LogP contribution in [-0.2, 0) is 19.2 Å². The molecule has 3 amide bonds. The Kier molecular flexibility index (Phi) is 3.86. The molecule has 2 fully saturated rings. The maximum Gasteiger partial charge on any atom is 0.258 e. The zero-order valence-electron chi connectivity index (χ0n) is 11.5. The van der Waals surface area contributed by atoms with Crippen molar-refractivity contribution in [3.63, 3.8) is 0 Å². The van der Waals surface area contributed by atoms with Gasteiger partial charge < -0.3 is 5.73 Å². The molecule has 0 radical (unpaired) electrons. The predicted octanol–water partition coefficient (Wildman–Crippen LogP) is 0.145. The third-order valence-corrected chi connectivity index (χ3v) is 4.08. The molecule has 0 saturated carbocycles. The highest BCUT2D eigenvalue weighted by molar-refractivity contribution is 6.30. The molecule has 1 aromatic rings. The maximum atomic E-state index is 12.0. The van der Waals surface area contributed by atoms with Gasteiger partial charge in [0, 0.05) is 18.0 Å². The lowest BCUT2D eigenvalue weighted by molar-refractivity contribution is -0.174. The number of hydrogen-bond acceptors (Lipinski definition) is 5. The van der Waals surface area contributed by atoms with Crippen molar-refractivity contribution >= 4 is 29.3 Å². The summed E-state index contributed by atoms with van der Waals surface area (Å²) < 4.78 is 0. The van der Waals surface area contributed by atoms with Gasteiger partial charge in [0.05, 0.1) is 12.0 Å². The molecule has 3 N–H and O–H groups in total. The Hall–Kier alpha value is -1.96. The van der Waals surface area contributed by atoms with Gasteiger partial charge in [-0.05, 0) is 17.7 Å². The van der Waals surface area contributed by atoms with Crippen molar-refractivity contribution in [1.29, 1.82) is 0 Å². The first-order valence-corrected chi connectivity index (χ1v) is 7.17. The van der Waals surface area contributed by atoms with Gasteiger partial charge in [-0.25, -0.2) is 0 Å². The van der Waals surface area contributed by atoms with Gasteiger partial charge >= 0.3 is 0 Å². The van der Waals surface area contributed by atoms with E-state index < -0.39 is 29.9 Å². The van der Waals surface area contributed by atoms with Gasteiger partial charge in [0.25, 0.3) is 5.91 Å². The minimum absolute atomic E-state index is 0.0688. The van der Waals surface area contributed by atoms with Gasteiger partial charge in [-0.1, -0.05) is 23.7 Å². The lowest BCUT2D eigenvalue weighted by atomic mass is 9.91. The third-order valence-electron chi connectivity index (χ3n) is 3.82. The van der Waals surface area contributed by atoms with Gasteiger partial charge in [-0.2, -0.15) is 5.06 Å². The molecule has 2 aliphatic rings. The van der Waals surface area contributed by atoms with E-state index in [9.17, 15) is 14.4 Å². The van der Waals surface area contributed by atoms with Crippen molar-refractivity contribution in [3.05, 3.63) is 34.9 Å². The summed E-state index contributed by atoms with van der Waals surface area (Å²) >= 11 is 5.88. The first-order chi connectivity index (χ1) is 10.5. The van der Waals surface area contributed by atoms with Gasteiger partial charge in [-0.3, -0.25) is 24.5 Å². The second-order valence-electron chi connectivity index (χ2n) is 5.26. The summed E-state index contributed by atoms with van der Waals surface area (Å²) in [5.74, 6) is -1.97. The average Bonchev–Trinajstić information content (AvgIpc) is 2.97. The lowest BCUT2D eigenvalue weighted by Crippen LogP contribution is -2.34. The van der Waals surface area contributed by atoms with Crippen LogP contribution in [-0.4, -0.2) is 35.4 Å². The number of nitrogens with two attached hydrogens (primary N) is 1. The Balaban J connectivity index is 1.92. The minimum Gasteiger partial charge on any atom is -0.370 e. The van der Waals surface area contributed by atoms with Crippen LogP contribution >= 0.6 is 11.6 Å². The largest absolute Gasteiger partial charge is 0.370 e. The molecule has 2 saturated heterocycles. The molecular formula is C14H14ClN3O4. The number of halogens is 1. The zero-order valence-corrected chi connectivity index (χ0v) is 12.2. The summed E-state index contributed by atoms with van der Waals surface area (Å²) in [4.78, 5) is 40.4. The monoisotopic (exact) mass is 323 g/mol. The summed E-state index contributed by atoms with van der Waals surface area (Å²) in [7, 11) is 0. The number of carbonyl (C=O) groups excluding carboxylic acids is 3. The van der Waals surface area contributed by atoms with Crippen molar-refractivity contribution in [3.8, 4) is 0 Å². The Morgan fingerprint density at radius 2 is 1.95 bits per heavy atom. The van der Waals surface area contributed by atoms with E-state index in [0.717, 1.165) is 5.56 Å². The van der Waals surface area contributed by atoms with E-state index in [1.807, 2.05) is 0 Å². The van der Waals surface area contributed by atoms with Crippen LogP contribution in [0.5, 0.6) is 0 Å². The van der Waals surface area contributed by atoms with E-state index in [-0.39, 0.29) is 18.9 Å². The smallest absolute Gasteiger partial charge is 0.258 e. The molecule has 7 nitrogen and oxygen atoms in total. The van der Waals surface area contributed by atoms with Crippen LogP contribution in [0.4, 0.5) is 0 Å². The van der Waals surface area contributed by atoms with Crippen LogP contribution in [0.2, 0.25) is 5.02 Å². The van der Waals surface area contributed by atoms with Crippen LogP contribution in [0.1, 0.15) is 18.0 Å². The molecule has 0 spiro atoms. The van der Waals surface area contributed by atoms with Crippen molar-refractivity contribution in [1.82, 2.24) is 10.4 Å². The molecule has 3 rings (SSSR count). The van der Waals surface area contributed by atoms with Gasteiger partial charge in [0.15, 0.2) is 6.10 Å². The van der Waals surface area contributed by atoms with E-state index in [0.29, 0.717) is 5.02 Å². The van der Waals surface area contributed by atoms with E-state index in [1.165, 1.54) is 5.06 Å². The number of fused-ring (bicyclic) bond motifs is 1. The summed E-state index contributed by atoms with van der Waals surface area (Å²) in [6.45, 7) is 0.205. The molecular weight excluding hydrogens is 310 g/mol. The Morgan fingerprint density at radius 3 is 2.59 bits per heavy atom. The van der Waals surface area contributed by atoms with E-state index in [4.69, 9.17) is 22.2 Å². The predicted molar refractivity (Wildman–Crippen MR) is 76.2 cm³/mol. The molecule has 1 aromatic carbocycles. The first-order valence-electron chi connectivity index (χ1n) is 6.79. The Bertz CT molecular complexity index is 633. The minimum atomic E-state index is -0.874. The zero-order chi connectivity index (χ0) is 15.9. The number of nitrogens with zero attached hydrogens (tertiary/aromatic N) is 1. The highest BCUT2D eigenvalue weighted by atomic mass is 35.5. The van der Waals surface area contributed by atoms with E-state index in [2.05, 4.69) is 5.32 Å². The molecule has 116 valence electrons. The fourth-order valence-corrected chi connectivity index (χ4v) is 2.96. The van der Waals surface area contributed by atoms with Crippen molar-refractivity contribution < 1.29 is 19.2 Å². The van der Waals surface area contributed by atoms with Crippen LogP contribution in [0.15, 0.2) is 24.3 Å². The number of amides is 3. The average molecular weight is 324 g/mol. The highest BCUT2D eigenvalue weighted by Crippen LogP contribution is 2.42. The number of hydroxylamine groups is 2. The molecule has 0 aromatic heterocycles. The number of nitrogens with one attached hydrogen (secondary N) is 1. The quantitative estimate of drug-likeness (QED) is 0.768. The summed E-state index contributed by atoms with van der Waals surface area (Å²) in [5, 5.41) is 4.32. The molecule has 0 bridgehead atoms. The fraction of sp³-hybridized carbons (Fsp3) is 0.357. The molecule has 2 heterocycles. The van der Waals surface area contributed by atoms with Gasteiger partial charge in [0.1, 0.15) is 0 Å². The molecule has 3 atom stereocenters. The maximum absolute atomic E-state index is 12.0. The topological polar surface area (TPSA) is 102 Å². The number of benzene rings is 1. The lowest BCUT2D eigenvalue weighted by Gasteiger charge is -2.24. The number of carbonyl (C=O) groups is 3. The van der Waals surface area contributed by atoms with Crippen LogP contribution in [0, 0.1) is 5.92 Å². The van der Waals surface area contributed by atoms with Crippen molar-refractivity contribution in [2.75, 3.05) is 6.54 Å². The van der Waals surface area contributed by atoms with Crippen LogP contribution in [0.25, 0.3) is 0 Å². The molecule has 2 aliphatic heterocycles. The second kappa shape index (κ2) is 5.68. The first kappa shape index (κ1) is 15.0. The molecule has 0 aliphatic carbocycles. The standard InChI is InChI=1S/C14H14ClN3O4/c15-8-3-1-7(2-4-8)11-10-12(14(21)17-13(10)20)22-18(11)6-5-9(16)19/h1-4,10-12H,5-6H2,(H2,16,19)(H,17,20,21). The third kappa shape index (κ3) is 2.58. The number of imide groups is 1. The number of hydrogen-bond donors (Lipinski definition) is 2. The molecule has 8 heteroatoms. The van der Waals surface area contributed by atoms with Crippen LogP contribution < -0.4 is 11.1 Å². The molecule has 22 heavy (non-hydrogen) atoms. The highest BCUT2D eigenvalue weighted by Gasteiger charge is 2.55. The molecule has 3 unspecified atom stereocenters.